The van der Waals surface area contributed by atoms with E-state index in [1.807, 2.05) is 81.4 Å². The summed E-state index contributed by atoms with van der Waals surface area (Å²) in [7, 11) is 5.46. The number of benzene rings is 1. The van der Waals surface area contributed by atoms with E-state index in [2.05, 4.69) is 9.88 Å². The summed E-state index contributed by atoms with van der Waals surface area (Å²) in [5.74, 6) is 1.12. The van der Waals surface area contributed by atoms with Gasteiger partial charge in [0.25, 0.3) is 5.91 Å². The molecule has 0 aliphatic rings. The highest BCUT2D eigenvalue weighted by atomic mass is 16.5. The second-order valence-electron chi connectivity index (χ2n) is 7.73. The van der Waals surface area contributed by atoms with Crippen LogP contribution in [0.25, 0.3) is 11.8 Å². The van der Waals surface area contributed by atoms with Crippen LogP contribution in [0.2, 0.25) is 0 Å². The minimum atomic E-state index is -0.417. The number of furan rings is 1. The molecule has 0 radical (unpaired) electrons. The Labute approximate surface area is 188 Å². The molecule has 2 aromatic heterocycles. The number of likely N-dealkylation sites (N-methyl/N-ethyl adjacent to an activating group) is 1. The number of aromatic nitrogens is 1. The normalized spacial score (nSPS) is 12.5. The Morgan fingerprint density at radius 3 is 2.56 bits per heavy atom. The molecule has 1 atom stereocenters. The molecule has 32 heavy (non-hydrogen) atoms. The van der Waals surface area contributed by atoms with Crippen LogP contribution in [0.15, 0.2) is 58.7 Å². The third-order valence-electron chi connectivity index (χ3n) is 5.42. The van der Waals surface area contributed by atoms with E-state index in [-0.39, 0.29) is 11.6 Å². The van der Waals surface area contributed by atoms with E-state index in [1.54, 1.807) is 19.4 Å². The first-order chi connectivity index (χ1) is 15.3. The molecular weight excluding hydrogens is 404 g/mol. The van der Waals surface area contributed by atoms with Crippen LogP contribution in [0.5, 0.6) is 5.75 Å². The van der Waals surface area contributed by atoms with Crippen LogP contribution in [0, 0.1) is 25.2 Å². The van der Waals surface area contributed by atoms with Gasteiger partial charge in [-0.15, -0.1) is 0 Å². The van der Waals surface area contributed by atoms with Crippen molar-refractivity contribution >= 4 is 12.0 Å². The topological polar surface area (TPSA) is 83.4 Å². The van der Waals surface area contributed by atoms with E-state index in [0.29, 0.717) is 6.54 Å². The van der Waals surface area contributed by atoms with Gasteiger partial charge in [-0.3, -0.25) is 9.69 Å². The Bertz CT molecular complexity index is 1130. The summed E-state index contributed by atoms with van der Waals surface area (Å²) < 4.78 is 12.8. The molecule has 7 heteroatoms. The number of nitrogens with zero attached hydrogens (tertiary/aromatic N) is 3. The molecule has 1 aromatic carbocycles. The van der Waals surface area contributed by atoms with Crippen molar-refractivity contribution in [2.24, 2.45) is 0 Å². The second kappa shape index (κ2) is 10.0. The molecule has 2 heterocycles. The number of hydrogen-bond donors (Lipinski definition) is 1. The van der Waals surface area contributed by atoms with E-state index in [9.17, 15) is 10.1 Å². The van der Waals surface area contributed by atoms with Gasteiger partial charge in [-0.25, -0.2) is 0 Å². The average Bonchev–Trinajstić information content (AvgIpc) is 3.40. The van der Waals surface area contributed by atoms with Crippen LogP contribution in [-0.4, -0.2) is 43.1 Å². The van der Waals surface area contributed by atoms with Crippen LogP contribution in [0.1, 0.15) is 28.8 Å². The maximum absolute atomic E-state index is 12.7. The SMILES string of the molecule is COc1ccc(-n2c(C)cc(/C=C(/C#N)C(=O)NCC(c3ccco3)N(C)C)c2C)cc1. The third kappa shape index (κ3) is 4.93. The standard InChI is InChI=1S/C25H28N4O3/c1-17-13-19(18(2)29(17)21-8-10-22(31-5)11-9-21)14-20(15-26)25(30)27-16-23(28(3)4)24-7-6-12-32-24/h6-14,23H,16H2,1-5H3,(H,27,30)/b20-14-. The first-order valence-electron chi connectivity index (χ1n) is 10.3. The van der Waals surface area contributed by atoms with Crippen molar-refractivity contribution < 1.29 is 13.9 Å². The number of carbonyl (C=O) groups excluding carboxylic acids is 1. The highest BCUT2D eigenvalue weighted by molar-refractivity contribution is 6.01. The predicted octanol–water partition coefficient (Wildman–Crippen LogP) is 4.02. The van der Waals surface area contributed by atoms with Crippen molar-refractivity contribution in [3.05, 3.63) is 77.0 Å². The van der Waals surface area contributed by atoms with Gasteiger partial charge < -0.3 is 19.0 Å². The molecule has 1 unspecified atom stereocenters. The fourth-order valence-corrected chi connectivity index (χ4v) is 3.67. The van der Waals surface area contributed by atoms with Gasteiger partial charge in [-0.05, 0) is 82.0 Å². The summed E-state index contributed by atoms with van der Waals surface area (Å²) in [5.41, 5.74) is 3.80. The van der Waals surface area contributed by atoms with E-state index in [1.165, 1.54) is 0 Å². The lowest BCUT2D eigenvalue weighted by molar-refractivity contribution is -0.117. The summed E-state index contributed by atoms with van der Waals surface area (Å²) in [4.78, 5) is 14.7. The van der Waals surface area contributed by atoms with Crippen molar-refractivity contribution in [2.45, 2.75) is 19.9 Å². The maximum atomic E-state index is 12.7. The van der Waals surface area contributed by atoms with Crippen molar-refractivity contribution in [1.82, 2.24) is 14.8 Å². The first kappa shape index (κ1) is 22.9. The summed E-state index contributed by atoms with van der Waals surface area (Å²) in [6, 6.07) is 15.3. The molecule has 3 rings (SSSR count). The summed E-state index contributed by atoms with van der Waals surface area (Å²) in [6.07, 6.45) is 3.24. The predicted molar refractivity (Wildman–Crippen MR) is 124 cm³/mol. The van der Waals surface area contributed by atoms with Gasteiger partial charge in [0.05, 0.1) is 19.4 Å². The molecule has 1 N–H and O–H groups in total. The molecule has 1 amide bonds. The molecule has 0 aliphatic heterocycles. The number of rotatable bonds is 8. The van der Waals surface area contributed by atoms with Crippen LogP contribution in [0.4, 0.5) is 0 Å². The van der Waals surface area contributed by atoms with Gasteiger partial charge in [0.2, 0.25) is 0 Å². The summed E-state index contributed by atoms with van der Waals surface area (Å²) >= 11 is 0. The monoisotopic (exact) mass is 432 g/mol. The van der Waals surface area contributed by atoms with E-state index in [4.69, 9.17) is 9.15 Å². The second-order valence-corrected chi connectivity index (χ2v) is 7.73. The van der Waals surface area contributed by atoms with Crippen LogP contribution >= 0.6 is 0 Å². The van der Waals surface area contributed by atoms with Crippen molar-refractivity contribution in [1.29, 1.82) is 5.26 Å². The van der Waals surface area contributed by atoms with Crippen molar-refractivity contribution in [3.63, 3.8) is 0 Å². The van der Waals surface area contributed by atoms with Gasteiger partial charge in [0.15, 0.2) is 0 Å². The number of aryl methyl sites for hydroxylation is 1. The molecule has 0 spiro atoms. The Morgan fingerprint density at radius 1 is 1.28 bits per heavy atom. The summed E-state index contributed by atoms with van der Waals surface area (Å²) in [6.45, 7) is 4.28. The highest BCUT2D eigenvalue weighted by Crippen LogP contribution is 2.24. The third-order valence-corrected chi connectivity index (χ3v) is 5.42. The number of nitrogens with one attached hydrogen (secondary N) is 1. The molecule has 166 valence electrons. The maximum Gasteiger partial charge on any atom is 0.262 e. The lowest BCUT2D eigenvalue weighted by Crippen LogP contribution is -2.34. The molecule has 7 nitrogen and oxygen atoms in total. The van der Waals surface area contributed by atoms with Crippen LogP contribution in [-0.2, 0) is 4.79 Å². The van der Waals surface area contributed by atoms with Crippen molar-refractivity contribution in [2.75, 3.05) is 27.7 Å². The Kier molecular flexibility index (Phi) is 7.18. The zero-order chi connectivity index (χ0) is 23.3. The van der Waals surface area contributed by atoms with Crippen molar-refractivity contribution in [3.8, 4) is 17.5 Å². The lowest BCUT2D eigenvalue weighted by Gasteiger charge is -2.22. The molecule has 0 bridgehead atoms. The Hall–Kier alpha value is -3.76. The summed E-state index contributed by atoms with van der Waals surface area (Å²) in [5, 5.41) is 12.5. The minimum Gasteiger partial charge on any atom is -0.497 e. The number of amides is 1. The van der Waals surface area contributed by atoms with Crippen LogP contribution < -0.4 is 10.1 Å². The van der Waals surface area contributed by atoms with Gasteiger partial charge in [-0.2, -0.15) is 5.26 Å². The molecule has 3 aromatic rings. The molecular formula is C25H28N4O3. The number of hydrogen-bond acceptors (Lipinski definition) is 5. The van der Waals surface area contributed by atoms with E-state index < -0.39 is 5.91 Å². The van der Waals surface area contributed by atoms with Gasteiger partial charge in [-0.1, -0.05) is 0 Å². The number of carbonyl (C=O) groups is 1. The highest BCUT2D eigenvalue weighted by Gasteiger charge is 2.20. The Morgan fingerprint density at radius 2 is 2.00 bits per heavy atom. The fourth-order valence-electron chi connectivity index (χ4n) is 3.67. The first-order valence-corrected chi connectivity index (χ1v) is 10.3. The number of nitriles is 1. The quantitative estimate of drug-likeness (QED) is 0.429. The Balaban J connectivity index is 1.81. The van der Waals surface area contributed by atoms with Gasteiger partial charge in [0.1, 0.15) is 23.2 Å². The van der Waals surface area contributed by atoms with E-state index in [0.717, 1.165) is 34.1 Å². The average molecular weight is 433 g/mol. The molecule has 0 aliphatic carbocycles. The number of methoxy groups -OCH3 is 1. The smallest absolute Gasteiger partial charge is 0.262 e. The zero-order valence-electron chi connectivity index (χ0n) is 19.0. The lowest BCUT2D eigenvalue weighted by atomic mass is 10.1. The molecule has 0 saturated heterocycles. The molecule has 0 saturated carbocycles. The fraction of sp³-hybridized carbons (Fsp3) is 0.280. The van der Waals surface area contributed by atoms with Crippen LogP contribution in [0.3, 0.4) is 0 Å². The molecule has 0 fully saturated rings. The largest absolute Gasteiger partial charge is 0.497 e. The minimum absolute atomic E-state index is 0.0527. The van der Waals surface area contributed by atoms with Gasteiger partial charge >= 0.3 is 0 Å². The number of ether oxygens (including phenoxy) is 1. The van der Waals surface area contributed by atoms with Gasteiger partial charge in [0, 0.05) is 23.6 Å². The zero-order valence-corrected chi connectivity index (χ0v) is 19.0. The van der Waals surface area contributed by atoms with E-state index >= 15 is 0 Å².